The minimum Gasteiger partial charge on any atom is -0.481 e. The first-order valence-corrected chi connectivity index (χ1v) is 10.4. The predicted octanol–water partition coefficient (Wildman–Crippen LogP) is -4.06. The van der Waals surface area contributed by atoms with Gasteiger partial charge in [-0.3, -0.25) is 24.0 Å². The first kappa shape index (κ1) is 29.0. The summed E-state index contributed by atoms with van der Waals surface area (Å²) in [4.78, 5) is 77.5. The van der Waals surface area contributed by atoms with Crippen LogP contribution in [0.4, 0.5) is 0 Å². The Kier molecular flexibility index (Phi) is 11.8. The van der Waals surface area contributed by atoms with Gasteiger partial charge in [-0.2, -0.15) is 0 Å². The highest BCUT2D eigenvalue weighted by Gasteiger charge is 2.31. The van der Waals surface area contributed by atoms with Gasteiger partial charge >= 0.3 is 11.9 Å². The van der Waals surface area contributed by atoms with E-state index in [1.54, 1.807) is 0 Å². The number of H-pyrrole nitrogens is 1. The minimum atomic E-state index is -1.68. The lowest BCUT2D eigenvalue weighted by Gasteiger charge is -2.24. The third-order valence-corrected chi connectivity index (χ3v) is 4.73. The van der Waals surface area contributed by atoms with Crippen LogP contribution in [-0.4, -0.2) is 91.6 Å². The van der Waals surface area contributed by atoms with Crippen LogP contribution >= 0.6 is 0 Å². The molecule has 0 saturated heterocycles. The van der Waals surface area contributed by atoms with Crippen molar-refractivity contribution >= 4 is 35.6 Å². The summed E-state index contributed by atoms with van der Waals surface area (Å²) in [7, 11) is 0. The van der Waals surface area contributed by atoms with E-state index in [9.17, 15) is 28.8 Å². The van der Waals surface area contributed by atoms with E-state index >= 15 is 0 Å². The Hall–Kier alpha value is -4.05. The number of carbonyl (C=O) groups excluding carboxylic acids is 4. The molecule has 4 amide bonds. The molecule has 0 aliphatic heterocycles. The van der Waals surface area contributed by atoms with Crippen LogP contribution in [0.3, 0.4) is 0 Å². The summed E-state index contributed by atoms with van der Waals surface area (Å²) in [5.74, 6) is -6.24. The van der Waals surface area contributed by atoms with Crippen molar-refractivity contribution in [1.82, 2.24) is 25.9 Å². The molecule has 0 aromatic carbocycles. The van der Waals surface area contributed by atoms with Crippen LogP contribution in [0.25, 0.3) is 0 Å². The van der Waals surface area contributed by atoms with Crippen molar-refractivity contribution in [2.24, 2.45) is 11.5 Å². The fourth-order valence-corrected chi connectivity index (χ4v) is 2.80. The van der Waals surface area contributed by atoms with E-state index in [-0.39, 0.29) is 19.3 Å². The largest absolute Gasteiger partial charge is 0.481 e. The van der Waals surface area contributed by atoms with Gasteiger partial charge in [0, 0.05) is 31.2 Å². The number of aliphatic hydroxyl groups excluding tert-OH is 1. The normalized spacial score (nSPS) is 14.1. The van der Waals surface area contributed by atoms with Crippen LogP contribution in [0.2, 0.25) is 0 Å². The van der Waals surface area contributed by atoms with Gasteiger partial charge < -0.3 is 47.7 Å². The lowest BCUT2D eigenvalue weighted by Crippen LogP contribution is -2.58. The Morgan fingerprint density at radius 1 is 0.914 bits per heavy atom. The summed E-state index contributed by atoms with van der Waals surface area (Å²) in [6.07, 6.45) is 1.38. The molecule has 35 heavy (non-hydrogen) atoms. The van der Waals surface area contributed by atoms with Gasteiger partial charge in [0.2, 0.25) is 23.6 Å². The van der Waals surface area contributed by atoms with Crippen LogP contribution in [0.1, 0.15) is 31.4 Å². The molecule has 4 unspecified atom stereocenters. The van der Waals surface area contributed by atoms with Gasteiger partial charge in [0.05, 0.1) is 19.0 Å². The molecule has 194 valence electrons. The zero-order valence-electron chi connectivity index (χ0n) is 18.6. The summed E-state index contributed by atoms with van der Waals surface area (Å²) in [6, 6.07) is -5.67. The SMILES string of the molecule is NC(=O)CCC(N)C(=O)NC(Cc1cnc[nH]1)C(=O)NC(CCC(=O)O)C(=O)NC(CO)C(=O)O. The molecule has 0 bridgehead atoms. The number of aromatic amines is 1. The fraction of sp³-hybridized carbons (Fsp3) is 0.526. The number of imidazole rings is 1. The van der Waals surface area contributed by atoms with Gasteiger partial charge in [-0.1, -0.05) is 0 Å². The quantitative estimate of drug-likeness (QED) is 0.105. The highest BCUT2D eigenvalue weighted by molar-refractivity contribution is 5.94. The Balaban J connectivity index is 3.03. The maximum Gasteiger partial charge on any atom is 0.328 e. The van der Waals surface area contributed by atoms with Gasteiger partial charge in [0.1, 0.15) is 18.1 Å². The molecule has 4 atom stereocenters. The van der Waals surface area contributed by atoms with E-state index in [4.69, 9.17) is 26.8 Å². The predicted molar refractivity (Wildman–Crippen MR) is 116 cm³/mol. The number of aliphatic carboxylic acids is 2. The number of aromatic nitrogens is 2. The summed E-state index contributed by atoms with van der Waals surface area (Å²) in [5.41, 5.74) is 11.2. The monoisotopic (exact) mass is 499 g/mol. The number of carboxylic acids is 2. The van der Waals surface area contributed by atoms with Crippen molar-refractivity contribution in [2.45, 2.75) is 56.3 Å². The van der Waals surface area contributed by atoms with Crippen LogP contribution in [0.5, 0.6) is 0 Å². The van der Waals surface area contributed by atoms with Crippen molar-refractivity contribution in [2.75, 3.05) is 6.61 Å². The van der Waals surface area contributed by atoms with Gasteiger partial charge in [0.25, 0.3) is 0 Å². The second-order valence-corrected chi connectivity index (χ2v) is 7.53. The molecule has 0 aliphatic rings. The molecular weight excluding hydrogens is 470 g/mol. The third kappa shape index (κ3) is 10.6. The second-order valence-electron chi connectivity index (χ2n) is 7.53. The molecule has 1 heterocycles. The number of aliphatic hydroxyl groups is 1. The van der Waals surface area contributed by atoms with Crippen molar-refractivity contribution in [3.63, 3.8) is 0 Å². The summed E-state index contributed by atoms with van der Waals surface area (Å²) in [5, 5.41) is 33.8. The number of nitrogens with zero attached hydrogens (tertiary/aromatic N) is 1. The molecule has 1 aromatic heterocycles. The topological polar surface area (TPSA) is 280 Å². The average Bonchev–Trinajstić information content (AvgIpc) is 3.30. The van der Waals surface area contributed by atoms with E-state index in [1.807, 2.05) is 5.32 Å². The summed E-state index contributed by atoms with van der Waals surface area (Å²) in [6.45, 7) is -0.942. The number of hydrogen-bond acceptors (Lipinski definition) is 9. The Morgan fingerprint density at radius 3 is 2.03 bits per heavy atom. The molecule has 0 fully saturated rings. The minimum absolute atomic E-state index is 0.0824. The third-order valence-electron chi connectivity index (χ3n) is 4.73. The first-order valence-electron chi connectivity index (χ1n) is 10.4. The number of rotatable bonds is 16. The van der Waals surface area contributed by atoms with Crippen LogP contribution < -0.4 is 27.4 Å². The molecular formula is C19H29N7O9. The van der Waals surface area contributed by atoms with Crippen LogP contribution in [0, 0.1) is 0 Å². The molecule has 0 spiro atoms. The van der Waals surface area contributed by atoms with Crippen molar-refractivity contribution in [3.05, 3.63) is 18.2 Å². The molecule has 1 aromatic rings. The number of nitrogens with two attached hydrogens (primary N) is 2. The molecule has 11 N–H and O–H groups in total. The average molecular weight is 499 g/mol. The standard InChI is InChI=1S/C19H29N7O9/c20-10(1-3-14(21)28)16(31)25-12(5-9-6-22-8-23-9)18(33)24-11(2-4-15(29)30)17(32)26-13(7-27)19(34)35/h6,8,10-13,27H,1-5,7,20H2,(H2,21,28)(H,22,23)(H,24,33)(H,25,31)(H,26,32)(H,29,30)(H,34,35). The molecule has 0 saturated carbocycles. The van der Waals surface area contributed by atoms with Crippen molar-refractivity contribution in [3.8, 4) is 0 Å². The maximum atomic E-state index is 13.0. The molecule has 1 rings (SSSR count). The smallest absolute Gasteiger partial charge is 0.328 e. The van der Waals surface area contributed by atoms with Crippen LogP contribution in [-0.2, 0) is 35.2 Å². The Labute approximate surface area is 198 Å². The number of carboxylic acid groups (broad SMARTS) is 2. The van der Waals surface area contributed by atoms with E-state index < -0.39 is 79.2 Å². The lowest BCUT2D eigenvalue weighted by atomic mass is 10.1. The van der Waals surface area contributed by atoms with E-state index in [2.05, 4.69) is 20.6 Å². The highest BCUT2D eigenvalue weighted by Crippen LogP contribution is 2.05. The molecule has 16 nitrogen and oxygen atoms in total. The molecule has 16 heteroatoms. The number of hydrogen-bond donors (Lipinski definition) is 9. The number of nitrogens with one attached hydrogen (secondary N) is 4. The Bertz CT molecular complexity index is 906. The Morgan fingerprint density at radius 2 is 1.51 bits per heavy atom. The van der Waals surface area contributed by atoms with Gasteiger partial charge in [-0.25, -0.2) is 9.78 Å². The first-order chi connectivity index (χ1) is 16.4. The number of amides is 4. The van der Waals surface area contributed by atoms with E-state index in [1.165, 1.54) is 12.5 Å². The zero-order valence-corrected chi connectivity index (χ0v) is 18.6. The van der Waals surface area contributed by atoms with E-state index in [0.29, 0.717) is 5.69 Å². The van der Waals surface area contributed by atoms with Gasteiger partial charge in [-0.05, 0) is 12.8 Å². The fourth-order valence-electron chi connectivity index (χ4n) is 2.80. The molecule has 0 aliphatic carbocycles. The second kappa shape index (κ2) is 14.3. The summed E-state index contributed by atoms with van der Waals surface area (Å²) >= 11 is 0. The molecule has 0 radical (unpaired) electrons. The van der Waals surface area contributed by atoms with Gasteiger partial charge in [-0.15, -0.1) is 0 Å². The van der Waals surface area contributed by atoms with Crippen molar-refractivity contribution < 1.29 is 44.1 Å². The number of carbonyl (C=O) groups is 6. The lowest BCUT2D eigenvalue weighted by molar-refractivity contribution is -0.144. The summed E-state index contributed by atoms with van der Waals surface area (Å²) < 4.78 is 0. The van der Waals surface area contributed by atoms with E-state index in [0.717, 1.165) is 0 Å². The highest BCUT2D eigenvalue weighted by atomic mass is 16.4. The van der Waals surface area contributed by atoms with Crippen molar-refractivity contribution in [1.29, 1.82) is 0 Å². The van der Waals surface area contributed by atoms with Gasteiger partial charge in [0.15, 0.2) is 0 Å². The maximum absolute atomic E-state index is 13.0. The number of primary amides is 1. The van der Waals surface area contributed by atoms with Crippen LogP contribution in [0.15, 0.2) is 12.5 Å². The zero-order chi connectivity index (χ0) is 26.5.